The summed E-state index contributed by atoms with van der Waals surface area (Å²) in [4.78, 5) is 4.32. The lowest BCUT2D eigenvalue weighted by atomic mass is 9.89. The lowest BCUT2D eigenvalue weighted by Gasteiger charge is -2.18. The van der Waals surface area contributed by atoms with Crippen molar-refractivity contribution in [3.05, 3.63) is 59.8 Å². The maximum atomic E-state index is 10.6. The first-order valence-corrected chi connectivity index (χ1v) is 7.70. The van der Waals surface area contributed by atoms with Gasteiger partial charge in [-0.2, -0.15) is 5.26 Å². The van der Waals surface area contributed by atoms with Crippen LogP contribution < -0.4 is 10.5 Å². The zero-order valence-corrected chi connectivity index (χ0v) is 13.9. The summed E-state index contributed by atoms with van der Waals surface area (Å²) < 4.78 is 5.21. The Morgan fingerprint density at radius 3 is 2.44 bits per heavy atom. The van der Waals surface area contributed by atoms with Gasteiger partial charge in [-0.15, -0.1) is 0 Å². The first-order valence-electron chi connectivity index (χ1n) is 7.70. The van der Waals surface area contributed by atoms with E-state index in [1.165, 1.54) is 7.11 Å². The van der Waals surface area contributed by atoms with Crippen molar-refractivity contribution in [2.45, 2.75) is 6.92 Å². The number of aryl methyl sites for hydroxylation is 1. The topological polar surface area (TPSA) is 92.2 Å². The molecule has 0 atom stereocenters. The number of nitrogens with two attached hydrogens (primary N) is 1. The Balaban J connectivity index is 2.45. The van der Waals surface area contributed by atoms with Crippen LogP contribution in [0.25, 0.3) is 22.3 Å². The summed E-state index contributed by atoms with van der Waals surface area (Å²) in [6.45, 7) is 1.83. The Morgan fingerprint density at radius 2 is 1.80 bits per heavy atom. The fraction of sp³-hybridized carbons (Fsp3) is 0.100. The van der Waals surface area contributed by atoms with Crippen LogP contribution in [0.4, 0.5) is 5.82 Å². The summed E-state index contributed by atoms with van der Waals surface area (Å²) in [6, 6.07) is 16.9. The fourth-order valence-corrected chi connectivity index (χ4v) is 2.96. The highest BCUT2D eigenvalue weighted by molar-refractivity contribution is 5.93. The van der Waals surface area contributed by atoms with Crippen molar-refractivity contribution < 1.29 is 9.84 Å². The van der Waals surface area contributed by atoms with Gasteiger partial charge in [-0.3, -0.25) is 0 Å². The molecule has 0 aliphatic carbocycles. The second-order valence-corrected chi connectivity index (χ2v) is 5.54. The van der Waals surface area contributed by atoms with Gasteiger partial charge in [0.2, 0.25) is 0 Å². The predicted molar refractivity (Wildman–Crippen MR) is 97.2 cm³/mol. The van der Waals surface area contributed by atoms with Gasteiger partial charge in [0.05, 0.1) is 7.11 Å². The van der Waals surface area contributed by atoms with E-state index in [-0.39, 0.29) is 17.1 Å². The largest absolute Gasteiger partial charge is 0.504 e. The average Bonchev–Trinajstić information content (AvgIpc) is 2.62. The second-order valence-electron chi connectivity index (χ2n) is 5.54. The standard InChI is InChI=1S/C20H17N3O2/c1-12-17(13-7-4-3-5-8-13)18(15(11-21)20(22)23-12)14-9-6-10-16(25-2)19(14)24/h3-10,24H,1-2H3,(H2,22,23). The van der Waals surface area contributed by atoms with Gasteiger partial charge in [0, 0.05) is 22.4 Å². The number of rotatable bonds is 3. The van der Waals surface area contributed by atoms with Gasteiger partial charge >= 0.3 is 0 Å². The molecule has 1 aromatic heterocycles. The van der Waals surface area contributed by atoms with E-state index >= 15 is 0 Å². The smallest absolute Gasteiger partial charge is 0.165 e. The molecule has 0 saturated carbocycles. The number of phenolic OH excluding ortho intramolecular Hbond substituents is 1. The van der Waals surface area contributed by atoms with Crippen LogP contribution >= 0.6 is 0 Å². The minimum absolute atomic E-state index is 0.0383. The zero-order chi connectivity index (χ0) is 18.0. The van der Waals surface area contributed by atoms with Crippen molar-refractivity contribution in [1.29, 1.82) is 5.26 Å². The van der Waals surface area contributed by atoms with Crippen LogP contribution in [0.5, 0.6) is 11.5 Å². The SMILES string of the molecule is COc1cccc(-c2c(C#N)c(N)nc(C)c2-c2ccccc2)c1O. The monoisotopic (exact) mass is 331 g/mol. The van der Waals surface area contributed by atoms with Gasteiger partial charge < -0.3 is 15.6 Å². The van der Waals surface area contributed by atoms with Gasteiger partial charge in [0.1, 0.15) is 17.5 Å². The van der Waals surface area contributed by atoms with Gasteiger partial charge in [-0.05, 0) is 18.6 Å². The van der Waals surface area contributed by atoms with E-state index in [4.69, 9.17) is 10.5 Å². The number of benzene rings is 2. The molecule has 0 unspecified atom stereocenters. The summed E-state index contributed by atoms with van der Waals surface area (Å²) in [7, 11) is 1.48. The lowest BCUT2D eigenvalue weighted by molar-refractivity contribution is 0.374. The van der Waals surface area contributed by atoms with Crippen LogP contribution in [0.15, 0.2) is 48.5 Å². The average molecular weight is 331 g/mol. The Hall–Kier alpha value is -3.52. The highest BCUT2D eigenvalue weighted by atomic mass is 16.5. The molecule has 3 N–H and O–H groups in total. The molecule has 0 aliphatic rings. The van der Waals surface area contributed by atoms with Crippen LogP contribution in [0.1, 0.15) is 11.3 Å². The molecule has 0 spiro atoms. The third kappa shape index (κ3) is 2.74. The zero-order valence-electron chi connectivity index (χ0n) is 13.9. The third-order valence-corrected chi connectivity index (χ3v) is 4.07. The molecule has 25 heavy (non-hydrogen) atoms. The number of aromatic hydroxyl groups is 1. The predicted octanol–water partition coefficient (Wildman–Crippen LogP) is 3.89. The van der Waals surface area contributed by atoms with E-state index in [1.807, 2.05) is 37.3 Å². The second kappa shape index (κ2) is 6.54. The molecule has 5 nitrogen and oxygen atoms in total. The highest BCUT2D eigenvalue weighted by Crippen LogP contribution is 2.44. The summed E-state index contributed by atoms with van der Waals surface area (Å²) in [5.74, 6) is 0.425. The number of nitrogens with zero attached hydrogens (tertiary/aromatic N) is 2. The summed E-state index contributed by atoms with van der Waals surface area (Å²) >= 11 is 0. The summed E-state index contributed by atoms with van der Waals surface area (Å²) in [5.41, 5.74) is 9.58. The molecule has 5 heteroatoms. The van der Waals surface area contributed by atoms with E-state index in [0.717, 1.165) is 11.1 Å². The summed E-state index contributed by atoms with van der Waals surface area (Å²) in [5, 5.41) is 20.3. The van der Waals surface area contributed by atoms with Crippen LogP contribution in [-0.2, 0) is 0 Å². The van der Waals surface area contributed by atoms with Crippen molar-refractivity contribution in [2.24, 2.45) is 0 Å². The molecular weight excluding hydrogens is 314 g/mol. The first kappa shape index (κ1) is 16.3. The van der Waals surface area contributed by atoms with E-state index in [0.29, 0.717) is 22.6 Å². The number of hydrogen-bond acceptors (Lipinski definition) is 5. The molecule has 0 amide bonds. The van der Waals surface area contributed by atoms with Crippen molar-refractivity contribution in [3.8, 4) is 39.8 Å². The summed E-state index contributed by atoms with van der Waals surface area (Å²) in [6.07, 6.45) is 0. The lowest BCUT2D eigenvalue weighted by Crippen LogP contribution is -2.03. The minimum atomic E-state index is -0.0383. The molecule has 3 rings (SSSR count). The molecule has 1 heterocycles. The molecule has 124 valence electrons. The number of hydrogen-bond donors (Lipinski definition) is 2. The number of nitriles is 1. The number of pyridine rings is 1. The van der Waals surface area contributed by atoms with Crippen LogP contribution in [0, 0.1) is 18.3 Å². The van der Waals surface area contributed by atoms with E-state index in [2.05, 4.69) is 11.1 Å². The maximum absolute atomic E-state index is 10.6. The highest BCUT2D eigenvalue weighted by Gasteiger charge is 2.22. The van der Waals surface area contributed by atoms with Gasteiger partial charge in [0.25, 0.3) is 0 Å². The quantitative estimate of drug-likeness (QED) is 0.759. The van der Waals surface area contributed by atoms with Crippen molar-refractivity contribution >= 4 is 5.82 Å². The maximum Gasteiger partial charge on any atom is 0.165 e. The number of aromatic nitrogens is 1. The molecular formula is C20H17N3O2. The van der Waals surface area contributed by atoms with Crippen LogP contribution in [0.2, 0.25) is 0 Å². The fourth-order valence-electron chi connectivity index (χ4n) is 2.96. The molecule has 2 aromatic carbocycles. The van der Waals surface area contributed by atoms with Gasteiger partial charge in [-0.1, -0.05) is 42.5 Å². The molecule has 3 aromatic rings. The number of ether oxygens (including phenoxy) is 1. The Kier molecular flexibility index (Phi) is 4.27. The normalized spacial score (nSPS) is 10.3. The van der Waals surface area contributed by atoms with E-state index in [9.17, 15) is 10.4 Å². The number of para-hydroxylation sites is 1. The van der Waals surface area contributed by atoms with Gasteiger partial charge in [0.15, 0.2) is 11.5 Å². The number of phenols is 1. The Morgan fingerprint density at radius 1 is 1.08 bits per heavy atom. The van der Waals surface area contributed by atoms with Gasteiger partial charge in [-0.25, -0.2) is 4.98 Å². The minimum Gasteiger partial charge on any atom is -0.504 e. The number of anilines is 1. The third-order valence-electron chi connectivity index (χ3n) is 4.07. The molecule has 0 fully saturated rings. The van der Waals surface area contributed by atoms with Crippen molar-refractivity contribution in [3.63, 3.8) is 0 Å². The molecule has 0 aliphatic heterocycles. The molecule has 0 bridgehead atoms. The number of nitrogen functional groups attached to an aromatic ring is 1. The Labute approximate surface area is 146 Å². The van der Waals surface area contributed by atoms with Crippen molar-refractivity contribution in [2.75, 3.05) is 12.8 Å². The van der Waals surface area contributed by atoms with Crippen molar-refractivity contribution in [1.82, 2.24) is 4.98 Å². The molecule has 0 saturated heterocycles. The number of methoxy groups -OCH3 is 1. The van der Waals surface area contributed by atoms with E-state index < -0.39 is 0 Å². The van der Waals surface area contributed by atoms with Crippen LogP contribution in [0.3, 0.4) is 0 Å². The molecule has 0 radical (unpaired) electrons. The Bertz CT molecular complexity index is 976. The van der Waals surface area contributed by atoms with E-state index in [1.54, 1.807) is 18.2 Å². The first-order chi connectivity index (χ1) is 12.1. The van der Waals surface area contributed by atoms with Crippen LogP contribution in [-0.4, -0.2) is 17.2 Å².